The van der Waals surface area contributed by atoms with E-state index in [1.807, 2.05) is 133 Å². The lowest BCUT2D eigenvalue weighted by Gasteiger charge is -2.26. The number of thiophene rings is 3. The molecule has 0 radical (unpaired) electrons. The number of morpholine rings is 1. The Bertz CT molecular complexity index is 5820. The third kappa shape index (κ3) is 35.5. The van der Waals surface area contributed by atoms with E-state index in [1.165, 1.54) is 40.9 Å². The number of nitrogen functional groups attached to an aromatic ring is 3. The molecule has 7 aromatic carbocycles. The van der Waals surface area contributed by atoms with E-state index in [4.69, 9.17) is 121 Å². The number of amides is 3. The normalized spacial score (nSPS) is 12.3. The minimum atomic E-state index is -5.08. The largest absolute Gasteiger partial charge is 0.492 e. The van der Waals surface area contributed by atoms with Gasteiger partial charge in [-0.3, -0.25) is 56.3 Å². The topological polar surface area (TPSA) is 531 Å². The second kappa shape index (κ2) is 51.9. The van der Waals surface area contributed by atoms with Crippen LogP contribution in [0.2, 0.25) is 0 Å². The van der Waals surface area contributed by atoms with E-state index in [0.717, 1.165) is 87.0 Å². The summed E-state index contributed by atoms with van der Waals surface area (Å²) in [4.78, 5) is 89.0. The van der Waals surface area contributed by atoms with Crippen molar-refractivity contribution in [2.75, 3.05) is 75.2 Å². The number of alkyl halides is 12. The van der Waals surface area contributed by atoms with Gasteiger partial charge in [0.15, 0.2) is 24.0 Å². The first kappa shape index (κ1) is 107. The molecule has 5 aromatic heterocycles. The Labute approximate surface area is 762 Å². The first-order valence-corrected chi connectivity index (χ1v) is 40.5. The molecule has 3 atom stereocenters. The highest BCUT2D eigenvalue weighted by Crippen LogP contribution is 2.41. The number of ether oxygens (including phenoxy) is 8. The summed E-state index contributed by atoms with van der Waals surface area (Å²) >= 11 is 4.21. The fourth-order valence-electron chi connectivity index (χ4n) is 11.1. The van der Waals surface area contributed by atoms with Crippen LogP contribution in [-0.2, 0) is 56.1 Å². The fourth-order valence-corrected chi connectivity index (χ4v) is 13.9. The number of carbonyl (C=O) groups excluding carboxylic acids is 3. The van der Waals surface area contributed by atoms with Crippen molar-refractivity contribution in [1.29, 1.82) is 16.2 Å². The third-order valence-corrected chi connectivity index (χ3v) is 20.4. The van der Waals surface area contributed by atoms with Crippen LogP contribution in [0.15, 0.2) is 213 Å². The number of aryl methyl sites for hydroxylation is 2. The zero-order valence-electron chi connectivity index (χ0n) is 69.5. The Morgan fingerprint density at radius 1 is 0.485 bits per heavy atom. The van der Waals surface area contributed by atoms with Gasteiger partial charge in [-0.1, -0.05) is 109 Å². The molecule has 49 heteroatoms. The van der Waals surface area contributed by atoms with Gasteiger partial charge in [-0.05, 0) is 115 Å². The highest BCUT2D eigenvalue weighted by atomic mass is 32.1. The van der Waals surface area contributed by atoms with E-state index in [-0.39, 0.29) is 56.0 Å². The summed E-state index contributed by atoms with van der Waals surface area (Å²) in [5.74, 6) is -5.83. The van der Waals surface area contributed by atoms with Crippen molar-refractivity contribution in [1.82, 2.24) is 19.7 Å². The van der Waals surface area contributed by atoms with Crippen molar-refractivity contribution in [2.45, 2.75) is 49.9 Å². The highest BCUT2D eigenvalue weighted by Gasteiger charge is 2.41. The SMILES string of the molecule is Cc1nn(C)c(C(F)(F)F)c1NC(=O)OCC(Oc1cccc2sc(C(=N)N)cc12)c1ccccc1.N=C(N)c1cc2c(OC(COC(=O)Nc3ccc(OCCN4CCOCC4)cc3)c3ccccc3)cccc2s1.N=C(N)c1cc2c(OC(COC(=O)Nc3ccncc3)c3ccccc3)cccc2s1.O=C(O)C(F)(F)F.O=C(O)C(F)(F)F.O=C(O)C(F)(F)F.O=CO.O=CO. The molecule has 1 fully saturated rings. The van der Waals surface area contributed by atoms with Crippen LogP contribution in [0.4, 0.5) is 84.1 Å². The summed E-state index contributed by atoms with van der Waals surface area (Å²) in [6.07, 6.45) is -20.9. The predicted molar refractivity (Wildman–Crippen MR) is 468 cm³/mol. The number of fused-ring (bicyclic) bond motifs is 3. The van der Waals surface area contributed by atoms with Crippen LogP contribution < -0.4 is 52.1 Å². The van der Waals surface area contributed by atoms with E-state index in [0.29, 0.717) is 60.1 Å². The molecule has 17 N–H and O–H groups in total. The lowest BCUT2D eigenvalue weighted by molar-refractivity contribution is -0.193. The number of aromatic nitrogens is 3. The van der Waals surface area contributed by atoms with E-state index >= 15 is 0 Å². The monoisotopic (exact) mass is 1940 g/mol. The van der Waals surface area contributed by atoms with Gasteiger partial charge in [0, 0.05) is 80.7 Å². The van der Waals surface area contributed by atoms with Crippen molar-refractivity contribution in [3.8, 4) is 23.0 Å². The van der Waals surface area contributed by atoms with Crippen molar-refractivity contribution in [2.24, 2.45) is 24.2 Å². The summed E-state index contributed by atoms with van der Waals surface area (Å²) in [7, 11) is 1.15. The Morgan fingerprint density at radius 3 is 1.10 bits per heavy atom. The molecule has 1 aliphatic rings. The van der Waals surface area contributed by atoms with Gasteiger partial charge in [-0.2, -0.15) is 57.8 Å². The number of hydrogen-bond acceptors (Lipinski definition) is 25. The minimum Gasteiger partial charge on any atom is -0.492 e. The Kier molecular flexibility index (Phi) is 41.6. The second-order valence-corrected chi connectivity index (χ2v) is 29.7. The lowest BCUT2D eigenvalue weighted by Crippen LogP contribution is -2.38. The number of pyridine rings is 1. The Morgan fingerprint density at radius 2 is 0.799 bits per heavy atom. The summed E-state index contributed by atoms with van der Waals surface area (Å²) < 4.78 is 185. The van der Waals surface area contributed by atoms with E-state index < -0.39 is 90.6 Å². The maximum Gasteiger partial charge on any atom is 0.490 e. The second-order valence-electron chi connectivity index (χ2n) is 26.4. The molecule has 13 rings (SSSR count). The van der Waals surface area contributed by atoms with Gasteiger partial charge in [0.1, 0.15) is 66.9 Å². The van der Waals surface area contributed by atoms with Gasteiger partial charge < -0.3 is 80.6 Å². The molecule has 0 aliphatic carbocycles. The smallest absolute Gasteiger partial charge is 0.490 e. The highest BCUT2D eigenvalue weighted by molar-refractivity contribution is 7.21. The van der Waals surface area contributed by atoms with Crippen LogP contribution in [0.5, 0.6) is 23.0 Å². The Hall–Kier alpha value is -15.4. The quantitative estimate of drug-likeness (QED) is 0.00831. The van der Waals surface area contributed by atoms with Crippen LogP contribution in [0.3, 0.4) is 0 Å². The molecule has 34 nitrogen and oxygen atoms in total. The summed E-state index contributed by atoms with van der Waals surface area (Å²) in [6, 6.07) is 60.9. The van der Waals surface area contributed by atoms with E-state index in [2.05, 4.69) is 30.9 Å². The molecular weight excluding hydrogens is 1860 g/mol. The molecule has 3 amide bonds. The minimum absolute atomic E-state index is 0.00132. The Balaban J connectivity index is 0.000000272. The molecule has 0 saturated carbocycles. The summed E-state index contributed by atoms with van der Waals surface area (Å²) in [5.41, 5.74) is 19.1. The summed E-state index contributed by atoms with van der Waals surface area (Å²) in [6.45, 7) is 5.41. The molecule has 3 unspecified atom stereocenters. The van der Waals surface area contributed by atoms with Gasteiger partial charge >= 0.3 is 60.9 Å². The van der Waals surface area contributed by atoms with Crippen LogP contribution in [0, 0.1) is 23.2 Å². The molecule has 134 heavy (non-hydrogen) atoms. The molecule has 1 saturated heterocycles. The number of hydrogen-bond donors (Lipinski definition) is 14. The van der Waals surface area contributed by atoms with Crippen LogP contribution in [-0.4, -0.2) is 190 Å². The number of carbonyl (C=O) groups is 8. The molecule has 0 bridgehead atoms. The number of rotatable bonds is 25. The third-order valence-electron chi connectivity index (χ3n) is 17.0. The zero-order valence-corrected chi connectivity index (χ0v) is 72.0. The maximum atomic E-state index is 13.4. The first-order chi connectivity index (χ1) is 63.3. The van der Waals surface area contributed by atoms with Gasteiger partial charge in [0.2, 0.25) is 0 Å². The molecule has 12 aromatic rings. The van der Waals surface area contributed by atoms with Gasteiger partial charge in [0.25, 0.3) is 12.9 Å². The first-order valence-electron chi connectivity index (χ1n) is 38.0. The number of carboxylic acids is 3. The number of nitrogens with two attached hydrogens (primary N) is 3. The number of nitrogens with zero attached hydrogens (tertiary/aromatic N) is 4. The number of anilines is 3. The van der Waals surface area contributed by atoms with Crippen LogP contribution >= 0.6 is 34.0 Å². The van der Waals surface area contributed by atoms with E-state index in [1.54, 1.807) is 79.1 Å². The number of nitrogens with one attached hydrogen (secondary N) is 6. The standard InChI is InChI=1S/C30H32N4O5S.C24H22F3N5O3S.C23H20N4O3S.3C2HF3O2.2CH2O2/c31-29(32)28-19-24-25(7-4-8-27(24)40-28)39-26(21-5-2-1-3-6-21)20-38-30(35)33-22-9-11-23(12-10-22)37-18-15-34-13-16-36-17-14-34;1-13-20(21(24(25,26)27)32(2)31-13)30-23(33)34-12-17(14-7-4-3-5-8-14)35-16-9-6-10-18-15(16)11-19(36-18)22(28)29;24-22(25)21-13-17-18(7-4-8-20(17)31-21)30-19(15-5-2-1-3-6-15)14-29-23(28)27-16-9-11-26-12-10-16;3*3-2(4,5)1(6)7;2*2-1-3/h1-12,19,26H,13-18,20H2,(H3,31,32)(H,33,35);3-11,17H,12H2,1-2H3,(H3,28,29)(H,30,33);1-13,19H,14H2,(H3,24,25)(H,26,27,28);3*(H,6,7);2*1H,(H,2,3). The fraction of sp³-hybridized carbons (Fsp3) is 0.212. The molecule has 6 heterocycles. The van der Waals surface area contributed by atoms with Gasteiger partial charge in [-0.25, -0.2) is 28.8 Å². The molecular formula is C85H81F12N13O21S3. The van der Waals surface area contributed by atoms with Crippen molar-refractivity contribution < 1.29 is 154 Å². The average Bonchev–Trinajstić information content (AvgIpc) is 1.67. The van der Waals surface area contributed by atoms with Crippen LogP contribution in [0.1, 0.15) is 61.0 Å². The number of halogens is 12. The number of amidine groups is 3. The van der Waals surface area contributed by atoms with Crippen molar-refractivity contribution in [3.05, 3.63) is 255 Å². The molecule has 714 valence electrons. The zero-order chi connectivity index (χ0) is 99.0. The summed E-state index contributed by atoms with van der Waals surface area (Å²) in [5, 5.41) is 72.1. The number of benzene rings is 7. The van der Waals surface area contributed by atoms with Gasteiger partial charge in [0.05, 0.1) is 39.2 Å². The predicted octanol–water partition coefficient (Wildman–Crippen LogP) is 17.1. The lowest BCUT2D eigenvalue weighted by atomic mass is 10.1. The number of carboxylic acid groups (broad SMARTS) is 5. The number of aliphatic carboxylic acids is 3. The molecule has 1 aliphatic heterocycles. The van der Waals surface area contributed by atoms with E-state index in [9.17, 15) is 67.1 Å². The van der Waals surface area contributed by atoms with Gasteiger partial charge in [-0.15, -0.1) is 34.0 Å². The van der Waals surface area contributed by atoms with Crippen molar-refractivity contribution >= 4 is 148 Å². The van der Waals surface area contributed by atoms with Crippen molar-refractivity contribution in [3.63, 3.8) is 0 Å². The van der Waals surface area contributed by atoms with Crippen LogP contribution in [0.25, 0.3) is 30.3 Å². The average molecular weight is 1940 g/mol. The molecule has 0 spiro atoms. The maximum absolute atomic E-state index is 13.4.